The molecule has 0 amide bonds. The lowest BCUT2D eigenvalue weighted by molar-refractivity contribution is 0.187. The highest BCUT2D eigenvalue weighted by atomic mass is 32.1. The minimum absolute atomic E-state index is 0.0132. The number of aryl methyl sites for hydroxylation is 1. The zero-order valence-corrected chi connectivity index (χ0v) is 9.55. The highest BCUT2D eigenvalue weighted by Gasteiger charge is 2.22. The van der Waals surface area contributed by atoms with Crippen molar-refractivity contribution in [2.24, 2.45) is 0 Å². The number of nitrogens with zero attached hydrogens (tertiary/aromatic N) is 3. The second kappa shape index (κ2) is 4.71. The van der Waals surface area contributed by atoms with Crippen LogP contribution in [0.5, 0.6) is 0 Å². The van der Waals surface area contributed by atoms with Crippen LogP contribution in [0.25, 0.3) is 0 Å². The highest BCUT2D eigenvalue weighted by Crippen LogP contribution is 2.13. The van der Waals surface area contributed by atoms with Crippen LogP contribution >= 0.6 is 11.3 Å². The monoisotopic (exact) mass is 222 g/mol. The van der Waals surface area contributed by atoms with E-state index >= 15 is 0 Å². The molecule has 4 nitrogen and oxygen atoms in total. The summed E-state index contributed by atoms with van der Waals surface area (Å²) in [5.41, 5.74) is 1.08. The molecule has 2 rings (SSSR count). The Morgan fingerprint density at radius 2 is 2.67 bits per heavy atom. The molecule has 15 heavy (non-hydrogen) atoms. The molecular formula is C10H14N4S. The molecule has 0 saturated carbocycles. The van der Waals surface area contributed by atoms with Gasteiger partial charge in [0.25, 0.3) is 0 Å². The predicted molar refractivity (Wildman–Crippen MR) is 59.5 cm³/mol. The Morgan fingerprint density at radius 3 is 3.33 bits per heavy atom. The lowest BCUT2D eigenvalue weighted by Gasteiger charge is -2.31. The van der Waals surface area contributed by atoms with Gasteiger partial charge in [-0.2, -0.15) is 5.26 Å². The Balaban J connectivity index is 2.01. The van der Waals surface area contributed by atoms with Crippen LogP contribution in [0.2, 0.25) is 0 Å². The summed E-state index contributed by atoms with van der Waals surface area (Å²) in [5.74, 6) is 0. The van der Waals surface area contributed by atoms with Crippen molar-refractivity contribution in [2.45, 2.75) is 19.5 Å². The molecule has 1 atom stereocenters. The second-order valence-corrected chi connectivity index (χ2v) is 4.74. The summed E-state index contributed by atoms with van der Waals surface area (Å²) in [5, 5.41) is 15.4. The Kier molecular flexibility index (Phi) is 3.31. The molecular weight excluding hydrogens is 208 g/mol. The van der Waals surface area contributed by atoms with Crippen LogP contribution in [0.3, 0.4) is 0 Å². The largest absolute Gasteiger partial charge is 0.313 e. The van der Waals surface area contributed by atoms with Crippen LogP contribution in [0.4, 0.5) is 0 Å². The lowest BCUT2D eigenvalue weighted by Crippen LogP contribution is -2.50. The van der Waals surface area contributed by atoms with Crippen LogP contribution in [0, 0.1) is 18.3 Å². The molecule has 0 aliphatic carbocycles. The summed E-state index contributed by atoms with van der Waals surface area (Å²) in [6, 6.07) is 2.31. The number of thiazole rings is 1. The van der Waals surface area contributed by atoms with E-state index in [4.69, 9.17) is 5.26 Å². The molecule has 1 aliphatic rings. The van der Waals surface area contributed by atoms with Gasteiger partial charge in [-0.3, -0.25) is 4.90 Å². The third-order valence-electron chi connectivity index (χ3n) is 2.53. The fourth-order valence-corrected chi connectivity index (χ4v) is 2.36. The fraction of sp³-hybridized carbons (Fsp3) is 0.600. The van der Waals surface area contributed by atoms with E-state index in [-0.39, 0.29) is 6.04 Å². The van der Waals surface area contributed by atoms with E-state index in [1.54, 1.807) is 11.3 Å². The van der Waals surface area contributed by atoms with Gasteiger partial charge in [-0.05, 0) is 6.92 Å². The van der Waals surface area contributed by atoms with E-state index in [1.165, 1.54) is 0 Å². The number of hydrogen-bond acceptors (Lipinski definition) is 5. The molecule has 5 heteroatoms. The molecule has 1 unspecified atom stereocenters. The lowest BCUT2D eigenvalue weighted by atomic mass is 10.2. The molecule has 80 valence electrons. The van der Waals surface area contributed by atoms with E-state index in [2.05, 4.69) is 26.6 Å². The number of nitrogens with one attached hydrogen (secondary N) is 1. The van der Waals surface area contributed by atoms with Crippen molar-refractivity contribution in [3.8, 4) is 6.07 Å². The number of aromatic nitrogens is 1. The molecule has 0 aromatic carbocycles. The van der Waals surface area contributed by atoms with Crippen molar-refractivity contribution in [2.75, 3.05) is 19.6 Å². The van der Waals surface area contributed by atoms with Gasteiger partial charge in [-0.1, -0.05) is 0 Å². The Labute approximate surface area is 93.5 Å². The zero-order valence-electron chi connectivity index (χ0n) is 8.73. The summed E-state index contributed by atoms with van der Waals surface area (Å²) in [6.45, 7) is 5.45. The minimum atomic E-state index is -0.0132. The van der Waals surface area contributed by atoms with Gasteiger partial charge in [0.1, 0.15) is 6.04 Å². The maximum Gasteiger partial charge on any atom is 0.111 e. The predicted octanol–water partition coefficient (Wildman–Crippen LogP) is 0.749. The van der Waals surface area contributed by atoms with Gasteiger partial charge in [0.05, 0.1) is 16.8 Å². The maximum absolute atomic E-state index is 9.00. The normalized spacial score (nSPS) is 22.5. The number of nitriles is 1. The fourth-order valence-electron chi connectivity index (χ4n) is 1.75. The summed E-state index contributed by atoms with van der Waals surface area (Å²) in [7, 11) is 0. The SMILES string of the molecule is Cc1nc(CN2CCNCC2C#N)cs1. The van der Waals surface area contributed by atoms with Gasteiger partial charge in [0.2, 0.25) is 0 Å². The first-order valence-electron chi connectivity index (χ1n) is 5.05. The number of piperazine rings is 1. The summed E-state index contributed by atoms with van der Waals surface area (Å²) < 4.78 is 0. The number of rotatable bonds is 2. The molecule has 2 heterocycles. The first kappa shape index (κ1) is 10.6. The second-order valence-electron chi connectivity index (χ2n) is 3.68. The topological polar surface area (TPSA) is 52.0 Å². The summed E-state index contributed by atoms with van der Waals surface area (Å²) in [4.78, 5) is 6.61. The van der Waals surface area contributed by atoms with Crippen molar-refractivity contribution in [3.05, 3.63) is 16.1 Å². The molecule has 1 fully saturated rings. The first-order chi connectivity index (χ1) is 7.29. The van der Waals surface area contributed by atoms with E-state index in [0.717, 1.165) is 36.9 Å². The average Bonchev–Trinajstić information content (AvgIpc) is 2.65. The van der Waals surface area contributed by atoms with Crippen molar-refractivity contribution in [3.63, 3.8) is 0 Å². The third kappa shape index (κ3) is 2.53. The average molecular weight is 222 g/mol. The van der Waals surface area contributed by atoms with Gasteiger partial charge >= 0.3 is 0 Å². The third-order valence-corrected chi connectivity index (χ3v) is 3.36. The van der Waals surface area contributed by atoms with Gasteiger partial charge in [-0.25, -0.2) is 4.98 Å². The van der Waals surface area contributed by atoms with Crippen molar-refractivity contribution >= 4 is 11.3 Å². The molecule has 1 saturated heterocycles. The van der Waals surface area contributed by atoms with E-state index in [9.17, 15) is 0 Å². The molecule has 1 N–H and O–H groups in total. The van der Waals surface area contributed by atoms with Crippen LogP contribution < -0.4 is 5.32 Å². The van der Waals surface area contributed by atoms with Crippen molar-refractivity contribution < 1.29 is 0 Å². The van der Waals surface area contributed by atoms with Crippen molar-refractivity contribution in [1.29, 1.82) is 5.26 Å². The Hall–Kier alpha value is -0.960. The summed E-state index contributed by atoms with van der Waals surface area (Å²) >= 11 is 1.67. The highest BCUT2D eigenvalue weighted by molar-refractivity contribution is 7.09. The van der Waals surface area contributed by atoms with Gasteiger partial charge < -0.3 is 5.32 Å². The van der Waals surface area contributed by atoms with Gasteiger partial charge in [0.15, 0.2) is 0 Å². The number of hydrogen-bond donors (Lipinski definition) is 1. The van der Waals surface area contributed by atoms with Crippen LogP contribution in [0.1, 0.15) is 10.7 Å². The quantitative estimate of drug-likeness (QED) is 0.802. The van der Waals surface area contributed by atoms with E-state index < -0.39 is 0 Å². The Morgan fingerprint density at radius 1 is 1.80 bits per heavy atom. The minimum Gasteiger partial charge on any atom is -0.313 e. The van der Waals surface area contributed by atoms with Crippen LogP contribution in [0.15, 0.2) is 5.38 Å². The van der Waals surface area contributed by atoms with Crippen LogP contribution in [-0.2, 0) is 6.54 Å². The molecule has 1 aromatic rings. The molecule has 0 spiro atoms. The van der Waals surface area contributed by atoms with Gasteiger partial charge in [-0.15, -0.1) is 11.3 Å². The van der Waals surface area contributed by atoms with Crippen molar-refractivity contribution in [1.82, 2.24) is 15.2 Å². The molecule has 1 aliphatic heterocycles. The molecule has 1 aromatic heterocycles. The zero-order chi connectivity index (χ0) is 10.7. The van der Waals surface area contributed by atoms with E-state index in [0.29, 0.717) is 0 Å². The smallest absolute Gasteiger partial charge is 0.111 e. The first-order valence-corrected chi connectivity index (χ1v) is 5.93. The maximum atomic E-state index is 9.00. The standard InChI is InChI=1S/C10H14N4S/c1-8-13-9(7-15-8)6-14-3-2-12-5-10(14)4-11/h7,10,12H,2-3,5-6H2,1H3. The van der Waals surface area contributed by atoms with Gasteiger partial charge in [0, 0.05) is 31.6 Å². The van der Waals surface area contributed by atoms with E-state index in [1.807, 2.05) is 6.92 Å². The Bertz CT molecular complexity index is 368. The molecule has 0 bridgehead atoms. The molecule has 0 radical (unpaired) electrons. The van der Waals surface area contributed by atoms with Crippen LogP contribution in [-0.4, -0.2) is 35.6 Å². The summed E-state index contributed by atoms with van der Waals surface area (Å²) in [6.07, 6.45) is 0.